The summed E-state index contributed by atoms with van der Waals surface area (Å²) in [4.78, 5) is 33.3. The van der Waals surface area contributed by atoms with E-state index in [1.807, 2.05) is 41.8 Å². The first-order valence-electron chi connectivity index (χ1n) is 12.3. The van der Waals surface area contributed by atoms with Crippen LogP contribution in [-0.4, -0.2) is 71.5 Å². The molecule has 0 aliphatic carbocycles. The van der Waals surface area contributed by atoms with Crippen LogP contribution in [0, 0.1) is 17.8 Å². The van der Waals surface area contributed by atoms with E-state index in [4.69, 9.17) is 19.9 Å². The van der Waals surface area contributed by atoms with Crippen LogP contribution in [0.4, 0.5) is 0 Å². The second kappa shape index (κ2) is 26.5. The second-order valence-electron chi connectivity index (χ2n) is 7.30. The molecule has 0 aromatic carbocycles. The zero-order valence-electron chi connectivity index (χ0n) is 22.3. The van der Waals surface area contributed by atoms with Crippen LogP contribution in [0.25, 0.3) is 0 Å². The molecule has 9 heteroatoms. The number of hydrogen-bond donors (Lipinski definition) is 3. The van der Waals surface area contributed by atoms with Crippen molar-refractivity contribution in [1.29, 1.82) is 0 Å². The summed E-state index contributed by atoms with van der Waals surface area (Å²) < 4.78 is 14.6. The molecule has 0 saturated heterocycles. The van der Waals surface area contributed by atoms with E-state index in [1.54, 1.807) is 6.92 Å². The van der Waals surface area contributed by atoms with Gasteiger partial charge >= 0.3 is 17.9 Å². The lowest BCUT2D eigenvalue weighted by atomic mass is 10.0. The van der Waals surface area contributed by atoms with Gasteiger partial charge < -0.3 is 30.6 Å². The Morgan fingerprint density at radius 1 is 0.667 bits per heavy atom. The molecule has 3 atom stereocenters. The molecule has 3 unspecified atom stereocenters. The molecule has 0 bridgehead atoms. The molecule has 0 spiro atoms. The molecule has 0 amide bonds. The molecule has 33 heavy (non-hydrogen) atoms. The van der Waals surface area contributed by atoms with E-state index in [-0.39, 0.29) is 35.7 Å². The minimum Gasteiger partial charge on any atom is -0.466 e. The molecule has 0 saturated carbocycles. The summed E-state index contributed by atoms with van der Waals surface area (Å²) in [6.07, 6.45) is 3.51. The number of rotatable bonds is 15. The van der Waals surface area contributed by atoms with Gasteiger partial charge in [-0.3, -0.25) is 14.4 Å². The zero-order valence-corrected chi connectivity index (χ0v) is 22.3. The lowest BCUT2D eigenvalue weighted by Crippen LogP contribution is -2.27. The summed E-state index contributed by atoms with van der Waals surface area (Å²) in [6.45, 7) is 14.6. The van der Waals surface area contributed by atoms with Gasteiger partial charge in [0, 0.05) is 19.6 Å². The minimum atomic E-state index is -0.174. The Balaban J connectivity index is -0.000000411. The van der Waals surface area contributed by atoms with Gasteiger partial charge in [0.25, 0.3) is 0 Å². The van der Waals surface area contributed by atoms with Gasteiger partial charge in [-0.1, -0.05) is 27.2 Å². The summed E-state index contributed by atoms with van der Waals surface area (Å²) in [6, 6.07) is 0. The van der Waals surface area contributed by atoms with Crippen LogP contribution >= 0.6 is 0 Å². The molecule has 0 heterocycles. The highest BCUT2D eigenvalue weighted by molar-refractivity contribution is 5.73. The Morgan fingerprint density at radius 2 is 1.03 bits per heavy atom. The van der Waals surface area contributed by atoms with Crippen LogP contribution in [-0.2, 0) is 28.6 Å². The molecule has 0 radical (unpaired) electrons. The van der Waals surface area contributed by atoms with Gasteiger partial charge in [0.05, 0.1) is 37.6 Å². The zero-order chi connectivity index (χ0) is 26.1. The van der Waals surface area contributed by atoms with Crippen molar-refractivity contribution in [2.45, 2.75) is 67.2 Å². The monoisotopic (exact) mass is 477 g/mol. The van der Waals surface area contributed by atoms with E-state index in [0.717, 1.165) is 25.7 Å². The number of carbonyl (C=O) groups excluding carboxylic acids is 3. The number of carbonyl (C=O) groups is 3. The predicted molar refractivity (Wildman–Crippen MR) is 133 cm³/mol. The van der Waals surface area contributed by atoms with E-state index < -0.39 is 0 Å². The van der Waals surface area contributed by atoms with Crippen molar-refractivity contribution < 1.29 is 28.6 Å². The molecule has 9 nitrogen and oxygen atoms in total. The van der Waals surface area contributed by atoms with Gasteiger partial charge in [-0.15, -0.1) is 0 Å². The number of nitrogens with one attached hydrogen (secondary N) is 2. The van der Waals surface area contributed by atoms with Gasteiger partial charge in [0.15, 0.2) is 0 Å². The first-order chi connectivity index (χ1) is 15.8. The maximum atomic E-state index is 11.3. The molecule has 198 valence electrons. The van der Waals surface area contributed by atoms with Gasteiger partial charge in [-0.2, -0.15) is 0 Å². The summed E-state index contributed by atoms with van der Waals surface area (Å²) >= 11 is 0. The van der Waals surface area contributed by atoms with Gasteiger partial charge in [0.2, 0.25) is 0 Å². The van der Waals surface area contributed by atoms with Crippen LogP contribution < -0.4 is 16.4 Å². The first kappa shape index (κ1) is 35.9. The molecule has 4 N–H and O–H groups in total. The standard InChI is InChI=1S/C9H19NO2.C8H17NO2.C7H15NO2/c1-4-6-8(7-10-3)9(11)12-5-2;1-4-7(6-9-3)8(10)11-5-2;1-3-6(5-8)7(9)10-4-2/h8,10H,4-7H2,1-3H3;7,9H,4-6H2,1-3H3;6H,3-5,8H2,1-2H3. The van der Waals surface area contributed by atoms with Crippen molar-refractivity contribution in [3.05, 3.63) is 0 Å². The average Bonchev–Trinajstić information content (AvgIpc) is 2.79. The van der Waals surface area contributed by atoms with Crippen molar-refractivity contribution in [2.75, 3.05) is 53.6 Å². The highest BCUT2D eigenvalue weighted by atomic mass is 16.5. The largest absolute Gasteiger partial charge is 0.466 e. The third-order valence-electron chi connectivity index (χ3n) is 4.67. The van der Waals surface area contributed by atoms with Crippen LogP contribution in [0.15, 0.2) is 0 Å². The van der Waals surface area contributed by atoms with Gasteiger partial charge in [-0.05, 0) is 54.1 Å². The van der Waals surface area contributed by atoms with E-state index >= 15 is 0 Å². The fourth-order valence-corrected chi connectivity index (χ4v) is 2.75. The van der Waals surface area contributed by atoms with Crippen molar-refractivity contribution in [3.63, 3.8) is 0 Å². The Morgan fingerprint density at radius 3 is 1.33 bits per heavy atom. The Bertz CT molecular complexity index is 467. The maximum Gasteiger partial charge on any atom is 0.310 e. The highest BCUT2D eigenvalue weighted by Crippen LogP contribution is 2.07. The van der Waals surface area contributed by atoms with Crippen LogP contribution in [0.5, 0.6) is 0 Å². The second-order valence-corrected chi connectivity index (χ2v) is 7.30. The highest BCUT2D eigenvalue weighted by Gasteiger charge is 2.17. The van der Waals surface area contributed by atoms with Crippen molar-refractivity contribution in [1.82, 2.24) is 10.6 Å². The molecule has 0 aliphatic heterocycles. The topological polar surface area (TPSA) is 129 Å². The summed E-state index contributed by atoms with van der Waals surface area (Å²) in [5.41, 5.74) is 5.31. The number of ether oxygens (including phenoxy) is 3. The third-order valence-corrected chi connectivity index (χ3v) is 4.67. The fourth-order valence-electron chi connectivity index (χ4n) is 2.75. The molecular formula is C24H51N3O6. The fraction of sp³-hybridized carbons (Fsp3) is 0.875. The van der Waals surface area contributed by atoms with Crippen molar-refractivity contribution in [3.8, 4) is 0 Å². The van der Waals surface area contributed by atoms with Crippen molar-refractivity contribution in [2.24, 2.45) is 23.5 Å². The average molecular weight is 478 g/mol. The summed E-state index contributed by atoms with van der Waals surface area (Å²) in [5.74, 6) is -0.412. The van der Waals surface area contributed by atoms with Gasteiger partial charge in [-0.25, -0.2) is 0 Å². The minimum absolute atomic E-state index is 0.0138. The van der Waals surface area contributed by atoms with E-state index in [1.165, 1.54) is 0 Å². The Hall–Kier alpha value is -1.71. The number of esters is 3. The number of hydrogen-bond acceptors (Lipinski definition) is 9. The summed E-state index contributed by atoms with van der Waals surface area (Å²) in [7, 11) is 3.68. The number of nitrogens with two attached hydrogens (primary N) is 1. The van der Waals surface area contributed by atoms with E-state index in [9.17, 15) is 14.4 Å². The SMILES string of the molecule is CCCC(CNC)C(=O)OCC.CCOC(=O)C(CC)CN.CCOC(=O)C(CC)CNC. The van der Waals surface area contributed by atoms with Crippen LogP contribution in [0.1, 0.15) is 67.2 Å². The first-order valence-corrected chi connectivity index (χ1v) is 12.3. The quantitative estimate of drug-likeness (QED) is 0.241. The lowest BCUT2D eigenvalue weighted by Gasteiger charge is -2.13. The molecule has 0 fully saturated rings. The smallest absolute Gasteiger partial charge is 0.310 e. The van der Waals surface area contributed by atoms with Crippen LogP contribution in [0.3, 0.4) is 0 Å². The van der Waals surface area contributed by atoms with Crippen LogP contribution in [0.2, 0.25) is 0 Å². The summed E-state index contributed by atoms with van der Waals surface area (Å²) in [5, 5.41) is 5.95. The molecule has 0 rings (SSSR count). The predicted octanol–water partition coefficient (Wildman–Crippen LogP) is 2.51. The molecular weight excluding hydrogens is 426 g/mol. The Labute approximate surface area is 201 Å². The lowest BCUT2D eigenvalue weighted by molar-refractivity contribution is -0.148. The Kier molecular flexibility index (Phi) is 28.9. The molecule has 0 aromatic rings. The molecule has 0 aliphatic rings. The van der Waals surface area contributed by atoms with Gasteiger partial charge in [0.1, 0.15) is 0 Å². The maximum absolute atomic E-state index is 11.3. The van der Waals surface area contributed by atoms with E-state index in [2.05, 4.69) is 17.6 Å². The third kappa shape index (κ3) is 20.6. The van der Waals surface area contributed by atoms with Crippen molar-refractivity contribution >= 4 is 17.9 Å². The normalized spacial score (nSPS) is 12.6. The molecule has 0 aromatic heterocycles. The van der Waals surface area contributed by atoms with E-state index in [0.29, 0.717) is 39.5 Å².